The molecular formula is C24H25NO4. The molecule has 4 saturated carbocycles. The summed E-state index contributed by atoms with van der Waals surface area (Å²) in [6, 6.07) is 13.1. The fourth-order valence-electron chi connectivity index (χ4n) is 6.43. The van der Waals surface area contributed by atoms with E-state index in [0.29, 0.717) is 23.3 Å². The van der Waals surface area contributed by atoms with Crippen molar-refractivity contribution in [2.45, 2.75) is 44.1 Å². The molecule has 2 N–H and O–H groups in total. The van der Waals surface area contributed by atoms with Crippen LogP contribution in [0.1, 0.15) is 59.2 Å². The summed E-state index contributed by atoms with van der Waals surface area (Å²) < 4.78 is 0. The maximum Gasteiger partial charge on any atom is 0.335 e. The van der Waals surface area contributed by atoms with Crippen LogP contribution < -0.4 is 4.90 Å². The maximum absolute atomic E-state index is 13.7. The Morgan fingerprint density at radius 1 is 0.793 bits per heavy atom. The van der Waals surface area contributed by atoms with Crippen LogP contribution in [0.25, 0.3) is 0 Å². The van der Waals surface area contributed by atoms with Gasteiger partial charge in [0.2, 0.25) is 0 Å². The molecule has 1 amide bonds. The topological polar surface area (TPSA) is 77.8 Å². The van der Waals surface area contributed by atoms with Crippen molar-refractivity contribution in [2.24, 2.45) is 17.8 Å². The molecule has 0 radical (unpaired) electrons. The number of benzene rings is 2. The summed E-state index contributed by atoms with van der Waals surface area (Å²) in [5, 5.41) is 18.9. The molecule has 0 atom stereocenters. The van der Waals surface area contributed by atoms with Gasteiger partial charge in [-0.2, -0.15) is 0 Å². The predicted octanol–water partition coefficient (Wildman–Crippen LogP) is 4.71. The summed E-state index contributed by atoms with van der Waals surface area (Å²) in [6.45, 7) is 0. The first-order chi connectivity index (χ1) is 13.9. The lowest BCUT2D eigenvalue weighted by atomic mass is 9.52. The number of phenols is 1. The quantitative estimate of drug-likeness (QED) is 0.791. The van der Waals surface area contributed by atoms with E-state index in [2.05, 4.69) is 0 Å². The number of aromatic carboxylic acids is 1. The van der Waals surface area contributed by atoms with Crippen molar-refractivity contribution in [1.29, 1.82) is 0 Å². The first kappa shape index (κ1) is 18.2. The number of carbonyl (C=O) groups is 2. The van der Waals surface area contributed by atoms with Crippen molar-refractivity contribution >= 4 is 17.6 Å². The Bertz CT molecular complexity index is 913. The number of hydrogen-bond donors (Lipinski definition) is 2. The third kappa shape index (κ3) is 3.09. The summed E-state index contributed by atoms with van der Waals surface area (Å²) in [4.78, 5) is 27.0. The number of aromatic hydroxyl groups is 1. The van der Waals surface area contributed by atoms with Crippen molar-refractivity contribution in [3.05, 3.63) is 59.7 Å². The van der Waals surface area contributed by atoms with Crippen molar-refractivity contribution in [3.63, 3.8) is 0 Å². The van der Waals surface area contributed by atoms with Crippen molar-refractivity contribution in [3.8, 4) is 5.75 Å². The average molecular weight is 391 g/mol. The first-order valence-corrected chi connectivity index (χ1v) is 10.4. The van der Waals surface area contributed by atoms with Crippen LogP contribution in [0.15, 0.2) is 48.5 Å². The molecule has 0 spiro atoms. The molecule has 0 saturated heterocycles. The monoisotopic (exact) mass is 391 g/mol. The van der Waals surface area contributed by atoms with E-state index >= 15 is 0 Å². The Hall–Kier alpha value is -2.82. The summed E-state index contributed by atoms with van der Waals surface area (Å²) in [5.41, 5.74) is 1.32. The van der Waals surface area contributed by atoms with E-state index in [1.165, 1.54) is 19.3 Å². The Balaban J connectivity index is 1.58. The number of nitrogens with zero attached hydrogens (tertiary/aromatic N) is 1. The fourth-order valence-corrected chi connectivity index (χ4v) is 6.43. The lowest BCUT2D eigenvalue weighted by Crippen LogP contribution is -2.62. The van der Waals surface area contributed by atoms with Gasteiger partial charge >= 0.3 is 5.97 Å². The zero-order chi connectivity index (χ0) is 20.2. The van der Waals surface area contributed by atoms with Gasteiger partial charge in [-0.1, -0.05) is 0 Å². The molecule has 4 aliphatic rings. The van der Waals surface area contributed by atoms with Gasteiger partial charge in [0.05, 0.1) is 5.56 Å². The van der Waals surface area contributed by atoms with Crippen LogP contribution in [-0.2, 0) is 0 Å². The highest BCUT2D eigenvalue weighted by Crippen LogP contribution is 2.58. The SMILES string of the molecule is O=C(O)c1ccc(N(C(=O)c2ccc(O)cc2)C23CC4CC(CC(C4)C2)C3)cc1. The van der Waals surface area contributed by atoms with E-state index in [-0.39, 0.29) is 22.8 Å². The van der Waals surface area contributed by atoms with E-state index in [1.807, 2.05) is 4.90 Å². The number of hydrogen-bond acceptors (Lipinski definition) is 3. The average Bonchev–Trinajstić information content (AvgIpc) is 2.68. The molecule has 0 aromatic heterocycles. The Labute approximate surface area is 170 Å². The lowest BCUT2D eigenvalue weighted by molar-refractivity contribution is -0.00313. The van der Waals surface area contributed by atoms with Crippen LogP contribution in [0, 0.1) is 17.8 Å². The standard InChI is InChI=1S/C24H25NO4/c26-21-7-3-18(4-8-21)22(27)25(20-5-1-19(2-6-20)23(28)29)24-12-15-9-16(13-24)11-17(10-15)14-24/h1-8,15-17,26H,9-14H2,(H,28,29). The van der Waals surface area contributed by atoms with Crippen LogP contribution in [0.2, 0.25) is 0 Å². The first-order valence-electron chi connectivity index (χ1n) is 10.4. The molecular weight excluding hydrogens is 366 g/mol. The highest BCUT2D eigenvalue weighted by atomic mass is 16.4. The highest BCUT2D eigenvalue weighted by Gasteiger charge is 2.55. The van der Waals surface area contributed by atoms with Gasteiger partial charge in [-0.25, -0.2) is 4.79 Å². The largest absolute Gasteiger partial charge is 0.508 e. The van der Waals surface area contributed by atoms with Crippen LogP contribution >= 0.6 is 0 Å². The van der Waals surface area contributed by atoms with Gasteiger partial charge in [-0.3, -0.25) is 4.79 Å². The predicted molar refractivity (Wildman–Crippen MR) is 109 cm³/mol. The van der Waals surface area contributed by atoms with Gasteiger partial charge in [0.15, 0.2) is 0 Å². The molecule has 29 heavy (non-hydrogen) atoms. The smallest absolute Gasteiger partial charge is 0.335 e. The molecule has 4 bridgehead atoms. The molecule has 0 aliphatic heterocycles. The Kier molecular flexibility index (Phi) is 4.16. The van der Waals surface area contributed by atoms with E-state index in [1.54, 1.807) is 48.5 Å². The van der Waals surface area contributed by atoms with Gasteiger partial charge in [0, 0.05) is 16.8 Å². The van der Waals surface area contributed by atoms with Crippen LogP contribution in [-0.4, -0.2) is 27.6 Å². The number of rotatable bonds is 4. The number of carbonyl (C=O) groups excluding carboxylic acids is 1. The number of phenolic OH excluding ortho intramolecular Hbond substituents is 1. The summed E-state index contributed by atoms with van der Waals surface area (Å²) in [7, 11) is 0. The highest BCUT2D eigenvalue weighted by molar-refractivity contribution is 6.07. The van der Waals surface area contributed by atoms with E-state index < -0.39 is 5.97 Å². The second kappa shape index (κ2) is 6.61. The Morgan fingerprint density at radius 2 is 1.28 bits per heavy atom. The second-order valence-corrected chi connectivity index (χ2v) is 9.18. The Morgan fingerprint density at radius 3 is 1.76 bits per heavy atom. The molecule has 0 heterocycles. The maximum atomic E-state index is 13.7. The van der Waals surface area contributed by atoms with Gasteiger partial charge in [0.25, 0.3) is 5.91 Å². The molecule has 2 aromatic rings. The summed E-state index contributed by atoms with van der Waals surface area (Å²) >= 11 is 0. The minimum Gasteiger partial charge on any atom is -0.508 e. The normalized spacial score (nSPS) is 29.6. The van der Waals surface area contributed by atoms with Gasteiger partial charge in [-0.05, 0) is 105 Å². The molecule has 6 rings (SSSR count). The number of carboxylic acid groups (broad SMARTS) is 1. The van der Waals surface area contributed by atoms with Crippen LogP contribution in [0.4, 0.5) is 5.69 Å². The molecule has 5 nitrogen and oxygen atoms in total. The molecule has 2 aromatic carbocycles. The third-order valence-corrected chi connectivity index (χ3v) is 7.17. The molecule has 0 unspecified atom stereocenters. The molecule has 4 fully saturated rings. The van der Waals surface area contributed by atoms with Crippen LogP contribution in [0.3, 0.4) is 0 Å². The number of amides is 1. The van der Waals surface area contributed by atoms with E-state index in [0.717, 1.165) is 24.9 Å². The minimum absolute atomic E-state index is 0.0741. The molecule has 5 heteroatoms. The lowest BCUT2D eigenvalue weighted by Gasteiger charge is -2.60. The number of anilines is 1. The van der Waals surface area contributed by atoms with Gasteiger partial charge in [0.1, 0.15) is 5.75 Å². The summed E-state index contributed by atoms with van der Waals surface area (Å²) in [5.74, 6) is 1.12. The van der Waals surface area contributed by atoms with Gasteiger partial charge < -0.3 is 15.1 Å². The second-order valence-electron chi connectivity index (χ2n) is 9.18. The van der Waals surface area contributed by atoms with E-state index in [9.17, 15) is 19.8 Å². The van der Waals surface area contributed by atoms with E-state index in [4.69, 9.17) is 0 Å². The minimum atomic E-state index is -0.970. The van der Waals surface area contributed by atoms with Crippen LogP contribution in [0.5, 0.6) is 5.75 Å². The van der Waals surface area contributed by atoms with Crippen molar-refractivity contribution in [2.75, 3.05) is 4.90 Å². The summed E-state index contributed by atoms with van der Waals surface area (Å²) in [6.07, 6.45) is 6.88. The molecule has 4 aliphatic carbocycles. The third-order valence-electron chi connectivity index (χ3n) is 7.17. The molecule has 150 valence electrons. The number of carboxylic acids is 1. The van der Waals surface area contributed by atoms with Gasteiger partial charge in [-0.15, -0.1) is 0 Å². The van der Waals surface area contributed by atoms with Crippen molar-refractivity contribution < 1.29 is 19.8 Å². The fraction of sp³-hybridized carbons (Fsp3) is 0.417. The zero-order valence-electron chi connectivity index (χ0n) is 16.3. The zero-order valence-corrected chi connectivity index (χ0v) is 16.3. The van der Waals surface area contributed by atoms with Crippen molar-refractivity contribution in [1.82, 2.24) is 0 Å².